The van der Waals surface area contributed by atoms with E-state index in [1.165, 1.54) is 0 Å². The summed E-state index contributed by atoms with van der Waals surface area (Å²) in [6.45, 7) is 10.4. The zero-order chi connectivity index (χ0) is 14.7. The first-order valence-corrected chi connectivity index (χ1v) is 9.80. The van der Waals surface area contributed by atoms with E-state index in [1.54, 1.807) is 0 Å². The first kappa shape index (κ1) is 18.1. The molecule has 6 heteroatoms. The van der Waals surface area contributed by atoms with E-state index in [-0.39, 0.29) is 0 Å². The van der Waals surface area contributed by atoms with Crippen molar-refractivity contribution in [2.24, 2.45) is 0 Å². The van der Waals surface area contributed by atoms with Crippen molar-refractivity contribution in [3.05, 3.63) is 0 Å². The largest absolute Gasteiger partial charge is 0.500 e. The van der Waals surface area contributed by atoms with Gasteiger partial charge < -0.3 is 22.8 Å². The standard InChI is InChI=1S/C14H30O5Si/c1-4-17-20(18-5-2,19-6-3)11-9-7-8-10-15-12-14-13-16-14/h14H,4-13H2,1-3H3. The van der Waals surface area contributed by atoms with Crippen LogP contribution in [0.1, 0.15) is 40.0 Å². The minimum atomic E-state index is -2.43. The van der Waals surface area contributed by atoms with Gasteiger partial charge in [0.05, 0.1) is 13.2 Å². The second kappa shape index (κ2) is 10.7. The van der Waals surface area contributed by atoms with E-state index >= 15 is 0 Å². The van der Waals surface area contributed by atoms with Gasteiger partial charge in [0.1, 0.15) is 6.10 Å². The van der Waals surface area contributed by atoms with Gasteiger partial charge in [0, 0.05) is 32.5 Å². The normalized spacial score (nSPS) is 18.4. The van der Waals surface area contributed by atoms with Crippen molar-refractivity contribution in [2.75, 3.05) is 39.6 Å². The third-order valence-electron chi connectivity index (χ3n) is 3.07. The van der Waals surface area contributed by atoms with Crippen molar-refractivity contribution in [1.29, 1.82) is 0 Å². The van der Waals surface area contributed by atoms with Gasteiger partial charge in [-0.05, 0) is 33.6 Å². The van der Waals surface area contributed by atoms with E-state index in [9.17, 15) is 0 Å². The number of epoxide rings is 1. The highest BCUT2D eigenvalue weighted by Gasteiger charge is 2.39. The van der Waals surface area contributed by atoms with Gasteiger partial charge in [-0.15, -0.1) is 0 Å². The van der Waals surface area contributed by atoms with Crippen LogP contribution in [0.5, 0.6) is 0 Å². The Kier molecular flexibility index (Phi) is 9.67. The Hall–Kier alpha value is 0.0169. The molecule has 20 heavy (non-hydrogen) atoms. The molecule has 5 nitrogen and oxygen atoms in total. The van der Waals surface area contributed by atoms with Gasteiger partial charge >= 0.3 is 8.80 Å². The highest BCUT2D eigenvalue weighted by Crippen LogP contribution is 2.20. The van der Waals surface area contributed by atoms with Gasteiger partial charge in [-0.3, -0.25) is 0 Å². The van der Waals surface area contributed by atoms with Gasteiger partial charge in [-0.1, -0.05) is 6.42 Å². The summed E-state index contributed by atoms with van der Waals surface area (Å²) in [5, 5.41) is 0. The van der Waals surface area contributed by atoms with Crippen LogP contribution in [-0.4, -0.2) is 54.5 Å². The van der Waals surface area contributed by atoms with Gasteiger partial charge in [-0.2, -0.15) is 0 Å². The van der Waals surface area contributed by atoms with Crippen molar-refractivity contribution in [1.82, 2.24) is 0 Å². The molecule has 1 heterocycles. The third-order valence-corrected chi connectivity index (χ3v) is 6.22. The minimum Gasteiger partial charge on any atom is -0.379 e. The van der Waals surface area contributed by atoms with E-state index in [2.05, 4.69) is 0 Å². The Labute approximate surface area is 124 Å². The molecule has 1 rings (SSSR count). The molecule has 1 aliphatic heterocycles. The smallest absolute Gasteiger partial charge is 0.379 e. The molecule has 0 aliphatic carbocycles. The third kappa shape index (κ3) is 7.71. The maximum Gasteiger partial charge on any atom is 0.500 e. The monoisotopic (exact) mass is 306 g/mol. The molecule has 120 valence electrons. The fraction of sp³-hybridized carbons (Fsp3) is 1.00. The predicted molar refractivity (Wildman–Crippen MR) is 79.8 cm³/mol. The summed E-state index contributed by atoms with van der Waals surface area (Å²) in [6.07, 6.45) is 3.62. The van der Waals surface area contributed by atoms with E-state index < -0.39 is 8.80 Å². The van der Waals surface area contributed by atoms with E-state index in [4.69, 9.17) is 22.8 Å². The fourth-order valence-corrected chi connectivity index (χ4v) is 4.79. The van der Waals surface area contributed by atoms with Crippen LogP contribution in [0.2, 0.25) is 6.04 Å². The number of hydrogen-bond donors (Lipinski definition) is 0. The van der Waals surface area contributed by atoms with Crippen LogP contribution in [-0.2, 0) is 22.8 Å². The van der Waals surface area contributed by atoms with Crippen molar-refractivity contribution in [3.8, 4) is 0 Å². The molecule has 1 saturated heterocycles. The molecule has 0 radical (unpaired) electrons. The Balaban J connectivity index is 2.11. The maximum absolute atomic E-state index is 5.82. The molecule has 0 aromatic heterocycles. The Morgan fingerprint density at radius 3 is 2.05 bits per heavy atom. The molecule has 0 aromatic carbocycles. The highest BCUT2D eigenvalue weighted by molar-refractivity contribution is 6.60. The molecule has 0 bridgehead atoms. The first-order chi connectivity index (χ1) is 9.76. The average molecular weight is 306 g/mol. The summed E-state index contributed by atoms with van der Waals surface area (Å²) in [7, 11) is -2.43. The molecule has 1 atom stereocenters. The summed E-state index contributed by atoms with van der Waals surface area (Å²) in [5.41, 5.74) is 0. The lowest BCUT2D eigenvalue weighted by Crippen LogP contribution is -2.45. The second-order valence-corrected chi connectivity index (χ2v) is 7.56. The van der Waals surface area contributed by atoms with Crippen LogP contribution >= 0.6 is 0 Å². The lowest BCUT2D eigenvalue weighted by molar-refractivity contribution is 0.0701. The molecular weight excluding hydrogens is 276 g/mol. The van der Waals surface area contributed by atoms with Crippen LogP contribution < -0.4 is 0 Å². The van der Waals surface area contributed by atoms with E-state index in [0.717, 1.165) is 45.1 Å². The molecule has 0 spiro atoms. The fourth-order valence-electron chi connectivity index (χ4n) is 2.10. The summed E-state index contributed by atoms with van der Waals surface area (Å²) in [4.78, 5) is 0. The van der Waals surface area contributed by atoms with Gasteiger partial charge in [-0.25, -0.2) is 0 Å². The Morgan fingerprint density at radius 2 is 1.55 bits per heavy atom. The molecular formula is C14H30O5Si. The van der Waals surface area contributed by atoms with Crippen LogP contribution in [0.25, 0.3) is 0 Å². The molecule has 1 unspecified atom stereocenters. The lowest BCUT2D eigenvalue weighted by Gasteiger charge is -2.28. The van der Waals surface area contributed by atoms with Gasteiger partial charge in [0.2, 0.25) is 0 Å². The zero-order valence-corrected chi connectivity index (χ0v) is 14.2. The quantitative estimate of drug-likeness (QED) is 0.280. The number of rotatable bonds is 14. The molecule has 1 aliphatic rings. The SMILES string of the molecule is CCO[Si](CCCCCOCC1CO1)(OCC)OCC. The maximum atomic E-state index is 5.82. The van der Waals surface area contributed by atoms with Crippen molar-refractivity contribution < 1.29 is 22.8 Å². The minimum absolute atomic E-state index is 0.365. The molecule has 0 amide bonds. The van der Waals surface area contributed by atoms with E-state index in [1.807, 2.05) is 20.8 Å². The summed E-state index contributed by atoms with van der Waals surface area (Å²) in [6, 6.07) is 0.897. The average Bonchev–Trinajstić information content (AvgIpc) is 3.23. The van der Waals surface area contributed by atoms with Crippen molar-refractivity contribution >= 4 is 8.80 Å². The number of hydrogen-bond acceptors (Lipinski definition) is 5. The summed E-state index contributed by atoms with van der Waals surface area (Å²) < 4.78 is 28.1. The Morgan fingerprint density at radius 1 is 0.950 bits per heavy atom. The topological polar surface area (TPSA) is 49.5 Å². The number of ether oxygens (including phenoxy) is 2. The summed E-state index contributed by atoms with van der Waals surface area (Å²) in [5.74, 6) is 0. The first-order valence-electron chi connectivity index (χ1n) is 7.87. The van der Waals surface area contributed by atoms with Crippen molar-refractivity contribution in [3.63, 3.8) is 0 Å². The number of unbranched alkanes of at least 4 members (excludes halogenated alkanes) is 2. The van der Waals surface area contributed by atoms with Crippen molar-refractivity contribution in [2.45, 2.75) is 52.2 Å². The van der Waals surface area contributed by atoms with E-state index in [0.29, 0.717) is 25.9 Å². The lowest BCUT2D eigenvalue weighted by atomic mass is 10.3. The van der Waals surface area contributed by atoms with Crippen LogP contribution in [0.3, 0.4) is 0 Å². The molecule has 0 saturated carbocycles. The Bertz CT molecular complexity index is 219. The summed E-state index contributed by atoms with van der Waals surface area (Å²) >= 11 is 0. The van der Waals surface area contributed by atoms with Crippen LogP contribution in [0.4, 0.5) is 0 Å². The van der Waals surface area contributed by atoms with Crippen LogP contribution in [0, 0.1) is 0 Å². The second-order valence-electron chi connectivity index (χ2n) is 4.82. The molecule has 0 aromatic rings. The molecule has 0 N–H and O–H groups in total. The van der Waals surface area contributed by atoms with Gasteiger partial charge in [0.25, 0.3) is 0 Å². The zero-order valence-electron chi connectivity index (χ0n) is 13.2. The molecule has 1 fully saturated rings. The highest BCUT2D eigenvalue weighted by atomic mass is 28.4. The van der Waals surface area contributed by atoms with Crippen LogP contribution in [0.15, 0.2) is 0 Å². The predicted octanol–water partition coefficient (Wildman–Crippen LogP) is 2.62. The van der Waals surface area contributed by atoms with Gasteiger partial charge in [0.15, 0.2) is 0 Å².